The molecule has 0 saturated carbocycles. The molecule has 114 valence electrons. The molecule has 1 aromatic heterocycles. The standard InChI is InChI=1S/C11H16Br2N2O3S2/c1-3-15(20(2,17)18)6-4-5-14-11(16)9-7-8(12)10(13)19-9/h7H,3-6H2,1-2H3,(H,14,16). The summed E-state index contributed by atoms with van der Waals surface area (Å²) < 4.78 is 25.9. The van der Waals surface area contributed by atoms with E-state index in [1.165, 1.54) is 21.9 Å². The predicted molar refractivity (Wildman–Crippen MR) is 88.8 cm³/mol. The van der Waals surface area contributed by atoms with Crippen LogP contribution in [0, 0.1) is 0 Å². The molecule has 0 aliphatic heterocycles. The Morgan fingerprint density at radius 3 is 2.55 bits per heavy atom. The molecule has 9 heteroatoms. The first-order valence-electron chi connectivity index (χ1n) is 5.93. The van der Waals surface area contributed by atoms with E-state index < -0.39 is 10.0 Å². The van der Waals surface area contributed by atoms with Gasteiger partial charge in [0.25, 0.3) is 5.91 Å². The average Bonchev–Trinajstić information content (AvgIpc) is 2.68. The van der Waals surface area contributed by atoms with Crippen molar-refractivity contribution >= 4 is 59.1 Å². The number of rotatable bonds is 7. The van der Waals surface area contributed by atoms with Crippen molar-refractivity contribution in [2.24, 2.45) is 0 Å². The van der Waals surface area contributed by atoms with Crippen LogP contribution in [-0.2, 0) is 10.0 Å². The quantitative estimate of drug-likeness (QED) is 0.653. The molecule has 0 spiro atoms. The van der Waals surface area contributed by atoms with E-state index in [0.717, 1.165) is 8.26 Å². The van der Waals surface area contributed by atoms with E-state index in [-0.39, 0.29) is 5.91 Å². The minimum Gasteiger partial charge on any atom is -0.351 e. The molecule has 0 unspecified atom stereocenters. The normalized spacial score (nSPS) is 11.8. The summed E-state index contributed by atoms with van der Waals surface area (Å²) in [6.45, 7) is 3.09. The Morgan fingerprint density at radius 1 is 1.45 bits per heavy atom. The molecular weight excluding hydrogens is 432 g/mol. The third-order valence-electron chi connectivity index (χ3n) is 2.56. The van der Waals surface area contributed by atoms with Gasteiger partial charge in [-0.2, -0.15) is 0 Å². The Labute approximate surface area is 140 Å². The first-order chi connectivity index (χ1) is 9.25. The molecule has 0 aliphatic carbocycles. The Kier molecular flexibility index (Phi) is 7.13. The molecule has 0 radical (unpaired) electrons. The van der Waals surface area contributed by atoms with Gasteiger partial charge in [-0.1, -0.05) is 6.92 Å². The highest BCUT2D eigenvalue weighted by Gasteiger charge is 2.14. The molecule has 1 amide bonds. The molecule has 1 rings (SSSR count). The largest absolute Gasteiger partial charge is 0.351 e. The number of nitrogens with one attached hydrogen (secondary N) is 1. The van der Waals surface area contributed by atoms with Crippen molar-refractivity contribution in [2.45, 2.75) is 13.3 Å². The molecule has 0 aliphatic rings. The Hall–Kier alpha value is 0.0400. The van der Waals surface area contributed by atoms with Crippen molar-refractivity contribution in [3.8, 4) is 0 Å². The zero-order chi connectivity index (χ0) is 15.3. The lowest BCUT2D eigenvalue weighted by atomic mass is 10.4. The summed E-state index contributed by atoms with van der Waals surface area (Å²) in [6, 6.07) is 1.75. The number of hydrogen-bond acceptors (Lipinski definition) is 4. The lowest BCUT2D eigenvalue weighted by Gasteiger charge is -2.17. The van der Waals surface area contributed by atoms with Gasteiger partial charge in [-0.25, -0.2) is 12.7 Å². The summed E-state index contributed by atoms with van der Waals surface area (Å²) in [4.78, 5) is 12.5. The van der Waals surface area contributed by atoms with E-state index in [9.17, 15) is 13.2 Å². The maximum absolute atomic E-state index is 11.8. The van der Waals surface area contributed by atoms with Gasteiger partial charge in [0.1, 0.15) is 0 Å². The molecule has 1 heterocycles. The van der Waals surface area contributed by atoms with Crippen molar-refractivity contribution in [1.82, 2.24) is 9.62 Å². The van der Waals surface area contributed by atoms with Crippen molar-refractivity contribution in [3.05, 3.63) is 19.2 Å². The van der Waals surface area contributed by atoms with Crippen molar-refractivity contribution in [2.75, 3.05) is 25.9 Å². The third kappa shape index (κ3) is 5.44. The molecule has 0 aromatic carbocycles. The van der Waals surface area contributed by atoms with Crippen LogP contribution in [0.5, 0.6) is 0 Å². The van der Waals surface area contributed by atoms with Gasteiger partial charge in [0.05, 0.1) is 14.9 Å². The monoisotopic (exact) mass is 446 g/mol. The first kappa shape index (κ1) is 18.1. The maximum Gasteiger partial charge on any atom is 0.261 e. The van der Waals surface area contributed by atoms with Gasteiger partial charge in [0.15, 0.2) is 0 Å². The second kappa shape index (κ2) is 7.88. The van der Waals surface area contributed by atoms with E-state index in [2.05, 4.69) is 37.2 Å². The number of halogens is 2. The molecule has 1 aromatic rings. The number of amides is 1. The molecule has 0 saturated heterocycles. The van der Waals surface area contributed by atoms with Crippen LogP contribution in [0.4, 0.5) is 0 Å². The minimum absolute atomic E-state index is 0.149. The first-order valence-corrected chi connectivity index (χ1v) is 10.2. The summed E-state index contributed by atoms with van der Waals surface area (Å²) in [7, 11) is -3.16. The summed E-state index contributed by atoms with van der Waals surface area (Å²) in [6.07, 6.45) is 1.77. The number of hydrogen-bond donors (Lipinski definition) is 1. The molecular formula is C11H16Br2N2O3S2. The topological polar surface area (TPSA) is 66.5 Å². The zero-order valence-corrected chi connectivity index (χ0v) is 16.0. The highest BCUT2D eigenvalue weighted by Crippen LogP contribution is 2.32. The number of nitrogens with zero attached hydrogens (tertiary/aromatic N) is 1. The number of thiophene rings is 1. The highest BCUT2D eigenvalue weighted by atomic mass is 79.9. The van der Waals surface area contributed by atoms with Crippen LogP contribution in [-0.4, -0.2) is 44.5 Å². The SMILES string of the molecule is CCN(CCCNC(=O)c1cc(Br)c(Br)s1)S(C)(=O)=O. The summed E-state index contributed by atoms with van der Waals surface area (Å²) in [5, 5.41) is 2.78. The van der Waals surface area contributed by atoms with Crippen LogP contribution in [0.2, 0.25) is 0 Å². The predicted octanol–water partition coefficient (Wildman–Crippen LogP) is 2.67. The van der Waals surface area contributed by atoms with E-state index in [1.807, 2.05) is 0 Å². The second-order valence-corrected chi connectivity index (χ2v) is 9.30. The molecule has 0 fully saturated rings. The summed E-state index contributed by atoms with van der Waals surface area (Å²) in [5.41, 5.74) is 0. The third-order valence-corrected chi connectivity index (χ3v) is 7.19. The van der Waals surface area contributed by atoms with Gasteiger partial charge >= 0.3 is 0 Å². The molecule has 0 bridgehead atoms. The number of carbonyl (C=O) groups is 1. The van der Waals surface area contributed by atoms with Crippen LogP contribution >= 0.6 is 43.2 Å². The molecule has 0 atom stereocenters. The molecule has 5 nitrogen and oxygen atoms in total. The highest BCUT2D eigenvalue weighted by molar-refractivity contribution is 9.13. The summed E-state index contributed by atoms with van der Waals surface area (Å²) >= 11 is 8.01. The maximum atomic E-state index is 11.8. The van der Waals surface area contributed by atoms with E-state index >= 15 is 0 Å². The fourth-order valence-corrected chi connectivity index (χ4v) is 4.44. The van der Waals surface area contributed by atoms with Crippen LogP contribution in [0.15, 0.2) is 14.3 Å². The van der Waals surface area contributed by atoms with Gasteiger partial charge in [-0.15, -0.1) is 11.3 Å². The van der Waals surface area contributed by atoms with Gasteiger partial charge < -0.3 is 5.32 Å². The fourth-order valence-electron chi connectivity index (χ4n) is 1.56. The van der Waals surface area contributed by atoms with Gasteiger partial charge in [0.2, 0.25) is 10.0 Å². The van der Waals surface area contributed by atoms with Crippen molar-refractivity contribution < 1.29 is 13.2 Å². The van der Waals surface area contributed by atoms with Crippen LogP contribution in [0.1, 0.15) is 23.0 Å². The average molecular weight is 448 g/mol. The smallest absolute Gasteiger partial charge is 0.261 e. The lowest BCUT2D eigenvalue weighted by molar-refractivity contribution is 0.0957. The van der Waals surface area contributed by atoms with Crippen LogP contribution in [0.25, 0.3) is 0 Å². The van der Waals surface area contributed by atoms with Gasteiger partial charge in [-0.3, -0.25) is 4.79 Å². The number of carbonyl (C=O) groups excluding carboxylic acids is 1. The Balaban J connectivity index is 2.39. The van der Waals surface area contributed by atoms with Gasteiger partial charge in [-0.05, 0) is 44.3 Å². The van der Waals surface area contributed by atoms with Gasteiger partial charge in [0, 0.05) is 24.1 Å². The number of sulfonamides is 1. The van der Waals surface area contributed by atoms with Crippen LogP contribution < -0.4 is 5.32 Å². The summed E-state index contributed by atoms with van der Waals surface area (Å²) in [5.74, 6) is -0.149. The van der Waals surface area contributed by atoms with E-state index in [1.54, 1.807) is 13.0 Å². The Bertz CT molecular complexity index is 553. The Morgan fingerprint density at radius 2 is 2.10 bits per heavy atom. The van der Waals surface area contributed by atoms with Crippen molar-refractivity contribution in [3.63, 3.8) is 0 Å². The van der Waals surface area contributed by atoms with Crippen LogP contribution in [0.3, 0.4) is 0 Å². The van der Waals surface area contributed by atoms with E-state index in [0.29, 0.717) is 30.9 Å². The van der Waals surface area contributed by atoms with Crippen molar-refractivity contribution in [1.29, 1.82) is 0 Å². The minimum atomic E-state index is -3.16. The molecule has 20 heavy (non-hydrogen) atoms. The van der Waals surface area contributed by atoms with E-state index in [4.69, 9.17) is 0 Å². The lowest BCUT2D eigenvalue weighted by Crippen LogP contribution is -2.33. The molecule has 1 N–H and O–H groups in total. The second-order valence-electron chi connectivity index (χ2n) is 4.10. The fraction of sp³-hybridized carbons (Fsp3) is 0.545. The zero-order valence-electron chi connectivity index (χ0n) is 11.2.